The first kappa shape index (κ1) is 14.7. The molecule has 1 heterocycles. The molecule has 4 rings (SSSR count). The molecular formula is C21H25N3O. The highest BCUT2D eigenvalue weighted by molar-refractivity contribution is 6.00. The largest absolute Gasteiger partial charge is 0.308 e. The van der Waals surface area contributed by atoms with Crippen molar-refractivity contribution in [3.05, 3.63) is 70.7 Å². The topological polar surface area (TPSA) is 39.2 Å². The number of carbonyl (C=O) groups is 1. The number of nitrogens with zero attached hydrogens (tertiary/aromatic N) is 3. The van der Waals surface area contributed by atoms with E-state index in [4.69, 9.17) is 14.5 Å². The number of aryl methyl sites for hydroxylation is 1. The molecular weight excluding hydrogens is 310 g/mol. The summed E-state index contributed by atoms with van der Waals surface area (Å²) < 4.78 is 12.2. The number of hydrogen-bond donors (Lipinski definition) is 0. The lowest BCUT2D eigenvalue weighted by atomic mass is 9.59. The fourth-order valence-electron chi connectivity index (χ4n) is 4.73. The molecule has 0 N–H and O–H groups in total. The van der Waals surface area contributed by atoms with Crippen LogP contribution in [0.1, 0.15) is 41.9 Å². The van der Waals surface area contributed by atoms with Gasteiger partial charge >= 0.3 is 0 Å². The van der Waals surface area contributed by atoms with Crippen molar-refractivity contribution < 1.29 is 9.19 Å². The summed E-state index contributed by atoms with van der Waals surface area (Å²) in [5.41, 5.74) is 3.28. The Balaban J connectivity index is 0.000000906. The van der Waals surface area contributed by atoms with Gasteiger partial charge in [-0.15, -0.1) is 0 Å². The summed E-state index contributed by atoms with van der Waals surface area (Å²) in [6.45, 7) is 13.5. The van der Waals surface area contributed by atoms with Crippen molar-refractivity contribution in [1.82, 2.24) is 9.55 Å². The third-order valence-corrected chi connectivity index (χ3v) is 5.95. The van der Waals surface area contributed by atoms with Crippen molar-refractivity contribution in [2.75, 3.05) is 0 Å². The number of aromatic nitrogens is 2. The molecule has 0 saturated carbocycles. The zero-order valence-corrected chi connectivity index (χ0v) is 14.8. The monoisotopic (exact) mass is 341 g/mol. The van der Waals surface area contributed by atoms with Crippen LogP contribution in [0.15, 0.2) is 42.1 Å². The van der Waals surface area contributed by atoms with Crippen LogP contribution in [-0.4, -0.2) is 15.3 Å². The lowest BCUT2D eigenvalue weighted by Gasteiger charge is -2.44. The quantitative estimate of drug-likeness (QED) is 0.716. The van der Waals surface area contributed by atoms with Gasteiger partial charge < -0.3 is 9.36 Å². The fourth-order valence-corrected chi connectivity index (χ4v) is 4.73. The van der Waals surface area contributed by atoms with Crippen LogP contribution < -0.4 is 0 Å². The van der Waals surface area contributed by atoms with Crippen molar-refractivity contribution in [3.8, 4) is 5.69 Å². The average molecular weight is 341 g/mol. The highest BCUT2D eigenvalue weighted by Gasteiger charge is 2.49. The van der Waals surface area contributed by atoms with Crippen LogP contribution in [0.4, 0.5) is 0 Å². The van der Waals surface area contributed by atoms with Crippen LogP contribution in [0.5, 0.6) is 0 Å². The average Bonchev–Trinajstić information content (AvgIpc) is 3.04. The van der Waals surface area contributed by atoms with Gasteiger partial charge in [-0.25, -0.2) is 9.83 Å². The Hall–Kier alpha value is -2.67. The second kappa shape index (κ2) is 5.42. The first-order chi connectivity index (χ1) is 13.0. The Bertz CT molecular complexity index is 946. The van der Waals surface area contributed by atoms with E-state index in [0.29, 0.717) is 0 Å². The first-order valence-corrected chi connectivity index (χ1v) is 8.76. The van der Waals surface area contributed by atoms with Crippen molar-refractivity contribution in [1.29, 1.82) is 0 Å². The van der Waals surface area contributed by atoms with E-state index in [1.54, 1.807) is 0 Å². The number of carbonyl (C=O) groups excluding carboxylic acids is 1. The number of rotatable bonds is 1. The first-order valence-electron chi connectivity index (χ1n) is 9.76. The molecule has 0 saturated heterocycles. The smallest absolute Gasteiger partial charge is 0.226 e. The van der Waals surface area contributed by atoms with Gasteiger partial charge in [0.25, 0.3) is 0 Å². The van der Waals surface area contributed by atoms with E-state index in [1.807, 2.05) is 38.1 Å². The normalized spacial score (nSPS) is 28.2. The van der Waals surface area contributed by atoms with E-state index >= 15 is 0 Å². The number of ketones is 1. The van der Waals surface area contributed by atoms with Gasteiger partial charge in [0.1, 0.15) is 5.82 Å². The number of imidazole rings is 1. The molecule has 0 unspecified atom stereocenters. The van der Waals surface area contributed by atoms with Gasteiger partial charge in [0.05, 0.1) is 12.3 Å². The van der Waals surface area contributed by atoms with Crippen LogP contribution in [0, 0.1) is 25.3 Å². The maximum absolute atomic E-state index is 12.5. The zero-order chi connectivity index (χ0) is 19.8. The van der Waals surface area contributed by atoms with Crippen LogP contribution in [0.3, 0.4) is 0 Å². The lowest BCUT2D eigenvalue weighted by molar-refractivity contribution is -0.121. The molecule has 4 nitrogen and oxygen atoms in total. The highest BCUT2D eigenvalue weighted by Crippen LogP contribution is 2.50. The molecule has 1 aromatic heterocycles. The molecule has 0 bridgehead atoms. The van der Waals surface area contributed by atoms with E-state index in [0.717, 1.165) is 30.0 Å². The highest BCUT2D eigenvalue weighted by atomic mass is 16.1. The van der Waals surface area contributed by atoms with E-state index in [-0.39, 0.29) is 30.2 Å². The Morgan fingerprint density at radius 1 is 1.40 bits per heavy atom. The summed E-state index contributed by atoms with van der Waals surface area (Å²) in [6.07, 6.45) is 3.73. The fraction of sp³-hybridized carbons (Fsp3) is 0.381. The van der Waals surface area contributed by atoms with Crippen LogP contribution >= 0.6 is 0 Å². The van der Waals surface area contributed by atoms with Crippen molar-refractivity contribution in [3.63, 3.8) is 0 Å². The maximum Gasteiger partial charge on any atom is 0.226 e. The number of Topliss-reactive ketones (excluding diaryl/α,β-unsaturated/α-hetero) is 1. The molecule has 2 aliphatic carbocycles. The zero-order valence-electron chi connectivity index (χ0n) is 16.8. The van der Waals surface area contributed by atoms with Gasteiger partial charge in [0.15, 0.2) is 5.78 Å². The number of fused-ring (bicyclic) bond motifs is 3. The van der Waals surface area contributed by atoms with Crippen molar-refractivity contribution >= 4 is 5.78 Å². The Morgan fingerprint density at radius 2 is 2.12 bits per heavy atom. The Labute approximate surface area is 152 Å². The molecule has 3 atom stereocenters. The third-order valence-electron chi connectivity index (χ3n) is 5.95. The molecule has 1 aromatic carbocycles. The summed E-state index contributed by atoms with van der Waals surface area (Å²) in [5, 5.41) is 0. The van der Waals surface area contributed by atoms with Crippen LogP contribution in [0.2, 0.25) is 0 Å². The van der Waals surface area contributed by atoms with E-state index < -0.39 is 0 Å². The number of allylic oxidation sites excluding steroid dienone is 2. The minimum Gasteiger partial charge on any atom is -0.308 e. The van der Waals surface area contributed by atoms with E-state index in [1.165, 1.54) is 5.69 Å². The van der Waals surface area contributed by atoms with Crippen molar-refractivity contribution in [2.24, 2.45) is 11.8 Å². The minimum absolute atomic E-state index is 0. The summed E-state index contributed by atoms with van der Waals surface area (Å²) in [5.74, 6) is 1.02. The molecule has 0 aliphatic heterocycles. The molecule has 0 fully saturated rings. The van der Waals surface area contributed by atoms with Gasteiger partial charge in [-0.1, -0.05) is 38.1 Å². The summed E-state index contributed by atoms with van der Waals surface area (Å²) in [4.78, 5) is 20.9. The molecule has 4 heteroatoms. The molecule has 25 heavy (non-hydrogen) atoms. The summed E-state index contributed by atoms with van der Waals surface area (Å²) in [7, 11) is 0. The lowest BCUT2D eigenvalue weighted by Crippen LogP contribution is -2.45. The second-order valence-electron chi connectivity index (χ2n) is 7.35. The Kier molecular flexibility index (Phi) is 3.18. The molecule has 2 aromatic rings. The summed E-state index contributed by atoms with van der Waals surface area (Å²) in [6, 6.07) is 10.3. The SMILES string of the molecule is [3HH].[3H][3H].[C-]#[N+]C1=C[C@]2(C)c3nc(C)n(-c4ccccc4)c3CC[C@H]2[C@H](C)C1=O. The minimum atomic E-state index is -0.356. The molecule has 0 radical (unpaired) electrons. The van der Waals surface area contributed by atoms with Crippen LogP contribution in [0.25, 0.3) is 10.5 Å². The van der Waals surface area contributed by atoms with E-state index in [9.17, 15) is 4.79 Å². The summed E-state index contributed by atoms with van der Waals surface area (Å²) >= 11 is 0. The van der Waals surface area contributed by atoms with E-state index in [2.05, 4.69) is 28.5 Å². The van der Waals surface area contributed by atoms with Gasteiger partial charge in [0, 0.05) is 27.1 Å². The van der Waals surface area contributed by atoms with Gasteiger partial charge in [0.2, 0.25) is 5.70 Å². The second-order valence-corrected chi connectivity index (χ2v) is 7.35. The molecule has 2 aliphatic rings. The number of para-hydroxylation sites is 1. The predicted molar refractivity (Wildman–Crippen MR) is 101 cm³/mol. The predicted octanol–water partition coefficient (Wildman–Crippen LogP) is 4.51. The number of hydrogen-bond acceptors (Lipinski definition) is 2. The van der Waals surface area contributed by atoms with Gasteiger partial charge in [-0.05, 0) is 37.8 Å². The Morgan fingerprint density at radius 3 is 2.80 bits per heavy atom. The maximum atomic E-state index is 12.5. The van der Waals surface area contributed by atoms with Crippen LogP contribution in [-0.2, 0) is 16.6 Å². The molecule has 0 spiro atoms. The standard InChI is InChI=1S/C21H21N3O.2H2/c1-13-16-10-11-18-20(21(16,3)12-17(22-4)19(13)25)23-14(2)24(18)15-8-6-5-7-9-15;;/h5-9,12-13,16H,10-11H2,1-3H3;2*1H/t13-,16-,21-;;/m0../s1/i;1+2T;1+2. The van der Waals surface area contributed by atoms with Gasteiger partial charge in [-0.2, -0.15) is 0 Å². The van der Waals surface area contributed by atoms with Gasteiger partial charge in [-0.3, -0.25) is 0 Å². The van der Waals surface area contributed by atoms with Crippen molar-refractivity contribution in [2.45, 2.75) is 39.0 Å². The third kappa shape index (κ3) is 2.12. The number of benzene rings is 1. The molecule has 0 amide bonds. The molecule has 130 valence electrons.